The van der Waals surface area contributed by atoms with Crippen LogP contribution < -0.4 is 5.32 Å². The molecular formula is C19H24N8. The van der Waals surface area contributed by atoms with Gasteiger partial charge in [-0.05, 0) is 32.4 Å². The summed E-state index contributed by atoms with van der Waals surface area (Å²) in [6, 6.07) is 3.92. The zero-order chi connectivity index (χ0) is 18.6. The lowest BCUT2D eigenvalue weighted by molar-refractivity contribution is 0.131. The fourth-order valence-corrected chi connectivity index (χ4v) is 3.50. The summed E-state index contributed by atoms with van der Waals surface area (Å²) in [5, 5.41) is 3.19. The quantitative estimate of drug-likeness (QED) is 0.745. The van der Waals surface area contributed by atoms with E-state index in [1.165, 1.54) is 18.5 Å². The van der Waals surface area contributed by atoms with Crippen molar-refractivity contribution in [1.29, 1.82) is 0 Å². The van der Waals surface area contributed by atoms with Crippen molar-refractivity contribution in [2.45, 2.75) is 38.8 Å². The van der Waals surface area contributed by atoms with Gasteiger partial charge in [0.1, 0.15) is 11.6 Å². The van der Waals surface area contributed by atoms with Gasteiger partial charge in [-0.15, -0.1) is 0 Å². The second-order valence-corrected chi connectivity index (χ2v) is 6.93. The molecular weight excluding hydrogens is 340 g/mol. The number of likely N-dealkylation sites (tertiary alicyclic amines) is 1. The molecule has 1 atom stereocenters. The summed E-state index contributed by atoms with van der Waals surface area (Å²) in [4.78, 5) is 24.7. The maximum atomic E-state index is 4.79. The molecule has 3 aromatic rings. The molecule has 4 rings (SSSR count). The first kappa shape index (κ1) is 17.5. The minimum Gasteiger partial charge on any atom is -0.337 e. The van der Waals surface area contributed by atoms with Crippen LogP contribution in [0.2, 0.25) is 0 Å². The normalized spacial score (nSPS) is 17.8. The first-order valence-electron chi connectivity index (χ1n) is 9.28. The van der Waals surface area contributed by atoms with Crippen molar-refractivity contribution < 1.29 is 0 Å². The van der Waals surface area contributed by atoms with Crippen LogP contribution in [-0.2, 0) is 13.6 Å². The van der Waals surface area contributed by atoms with Gasteiger partial charge in [-0.25, -0.2) is 24.9 Å². The lowest BCUT2D eigenvalue weighted by Gasteiger charge is -2.34. The van der Waals surface area contributed by atoms with Crippen LogP contribution in [0.5, 0.6) is 0 Å². The highest BCUT2D eigenvalue weighted by atomic mass is 15.2. The van der Waals surface area contributed by atoms with E-state index in [0.29, 0.717) is 5.95 Å². The van der Waals surface area contributed by atoms with E-state index in [9.17, 15) is 0 Å². The number of aromatic nitrogens is 6. The largest absolute Gasteiger partial charge is 0.337 e. The first-order chi connectivity index (χ1) is 13.2. The highest BCUT2D eigenvalue weighted by Gasteiger charge is 2.27. The molecule has 0 spiro atoms. The number of piperidine rings is 1. The van der Waals surface area contributed by atoms with Gasteiger partial charge < -0.3 is 9.88 Å². The fraction of sp³-hybridized carbons (Fsp3) is 0.421. The maximum absolute atomic E-state index is 4.79. The van der Waals surface area contributed by atoms with E-state index in [4.69, 9.17) is 9.97 Å². The molecule has 1 N–H and O–H groups in total. The molecule has 1 aliphatic heterocycles. The molecule has 1 saturated heterocycles. The number of rotatable bonds is 5. The second kappa shape index (κ2) is 7.79. The zero-order valence-corrected chi connectivity index (χ0v) is 15.7. The smallest absolute Gasteiger partial charge is 0.228 e. The number of aryl methyl sites for hydroxylation is 2. The summed E-state index contributed by atoms with van der Waals surface area (Å²) in [6.45, 7) is 3.89. The van der Waals surface area contributed by atoms with Gasteiger partial charge in [-0.1, -0.05) is 6.42 Å². The molecule has 0 aliphatic carbocycles. The minimum absolute atomic E-state index is 0.200. The Morgan fingerprint density at radius 2 is 2.04 bits per heavy atom. The van der Waals surface area contributed by atoms with Crippen molar-refractivity contribution in [3.8, 4) is 0 Å². The Bertz CT molecular complexity index is 892. The van der Waals surface area contributed by atoms with Crippen LogP contribution in [0, 0.1) is 6.92 Å². The van der Waals surface area contributed by atoms with Crippen LogP contribution in [0.4, 0.5) is 11.8 Å². The second-order valence-electron chi connectivity index (χ2n) is 6.93. The molecule has 0 unspecified atom stereocenters. The molecule has 8 heteroatoms. The van der Waals surface area contributed by atoms with E-state index in [1.54, 1.807) is 18.5 Å². The molecule has 1 fully saturated rings. The topological polar surface area (TPSA) is 84.7 Å². The summed E-state index contributed by atoms with van der Waals surface area (Å²) in [7, 11) is 2.03. The Hall–Kier alpha value is -2.87. The predicted octanol–water partition coefficient (Wildman–Crippen LogP) is 2.78. The van der Waals surface area contributed by atoms with Gasteiger partial charge in [0.15, 0.2) is 0 Å². The van der Waals surface area contributed by atoms with Crippen LogP contribution in [0.15, 0.2) is 37.1 Å². The van der Waals surface area contributed by atoms with Crippen molar-refractivity contribution in [3.63, 3.8) is 0 Å². The van der Waals surface area contributed by atoms with Gasteiger partial charge in [-0.2, -0.15) is 0 Å². The number of hydrogen-bond acceptors (Lipinski definition) is 7. The number of anilines is 2. The minimum atomic E-state index is 0.200. The Morgan fingerprint density at radius 3 is 2.81 bits per heavy atom. The van der Waals surface area contributed by atoms with Gasteiger partial charge >= 0.3 is 0 Å². The van der Waals surface area contributed by atoms with E-state index < -0.39 is 0 Å². The van der Waals surface area contributed by atoms with Gasteiger partial charge in [0.05, 0.1) is 18.1 Å². The Morgan fingerprint density at radius 1 is 1.19 bits per heavy atom. The Balaban J connectivity index is 1.59. The highest BCUT2D eigenvalue weighted by molar-refractivity contribution is 5.47. The average molecular weight is 364 g/mol. The molecule has 8 nitrogen and oxygen atoms in total. The fourth-order valence-electron chi connectivity index (χ4n) is 3.50. The first-order valence-corrected chi connectivity index (χ1v) is 9.28. The lowest BCUT2D eigenvalue weighted by Crippen LogP contribution is -2.34. The average Bonchev–Trinajstić information content (AvgIpc) is 3.07. The van der Waals surface area contributed by atoms with E-state index in [1.807, 2.05) is 32.6 Å². The molecule has 0 aromatic carbocycles. The van der Waals surface area contributed by atoms with Crippen molar-refractivity contribution >= 4 is 11.8 Å². The number of nitrogens with one attached hydrogen (secondary N) is 1. The molecule has 0 amide bonds. The third-order valence-corrected chi connectivity index (χ3v) is 4.87. The van der Waals surface area contributed by atoms with Gasteiger partial charge in [0.25, 0.3) is 0 Å². The summed E-state index contributed by atoms with van der Waals surface area (Å²) in [6.07, 6.45) is 10.6. The van der Waals surface area contributed by atoms with Crippen LogP contribution in [0.1, 0.15) is 42.5 Å². The molecule has 0 saturated carbocycles. The van der Waals surface area contributed by atoms with Crippen molar-refractivity contribution in [3.05, 3.63) is 54.3 Å². The van der Waals surface area contributed by atoms with Crippen LogP contribution in [0.25, 0.3) is 0 Å². The SMILES string of the molecule is Cc1cc(Nc2ncccn2)nc([C@@H]2CCCCN2Cc2cncn2C)n1. The Labute approximate surface area is 158 Å². The molecule has 27 heavy (non-hydrogen) atoms. The highest BCUT2D eigenvalue weighted by Crippen LogP contribution is 2.31. The molecule has 140 valence electrons. The van der Waals surface area contributed by atoms with Crippen LogP contribution in [-0.4, -0.2) is 40.9 Å². The molecule has 3 aromatic heterocycles. The predicted molar refractivity (Wildman–Crippen MR) is 102 cm³/mol. The monoisotopic (exact) mass is 364 g/mol. The van der Waals surface area contributed by atoms with Gasteiger partial charge in [0, 0.05) is 43.9 Å². The standard InChI is InChI=1S/C19H24N8/c1-14-10-17(25-19-21-7-5-8-22-19)24-18(23-14)16-6-3-4-9-27(16)12-15-11-20-13-26(15)2/h5,7-8,10-11,13,16H,3-4,6,9,12H2,1-2H3,(H,21,22,23,24,25)/t16-/m0/s1. The third-order valence-electron chi connectivity index (χ3n) is 4.87. The van der Waals surface area contributed by atoms with E-state index >= 15 is 0 Å². The summed E-state index contributed by atoms with van der Waals surface area (Å²) < 4.78 is 2.07. The van der Waals surface area contributed by atoms with Crippen LogP contribution in [0.3, 0.4) is 0 Å². The summed E-state index contributed by atoms with van der Waals surface area (Å²) >= 11 is 0. The van der Waals surface area contributed by atoms with Crippen molar-refractivity contribution in [2.75, 3.05) is 11.9 Å². The maximum Gasteiger partial charge on any atom is 0.228 e. The van der Waals surface area contributed by atoms with Crippen molar-refractivity contribution in [1.82, 2.24) is 34.4 Å². The van der Waals surface area contributed by atoms with Gasteiger partial charge in [-0.3, -0.25) is 4.90 Å². The van der Waals surface area contributed by atoms with Crippen molar-refractivity contribution in [2.24, 2.45) is 7.05 Å². The molecule has 1 aliphatic rings. The van der Waals surface area contributed by atoms with E-state index in [-0.39, 0.29) is 6.04 Å². The molecule has 0 bridgehead atoms. The van der Waals surface area contributed by atoms with Gasteiger partial charge in [0.2, 0.25) is 5.95 Å². The third kappa shape index (κ3) is 4.11. The molecule has 0 radical (unpaired) electrons. The van der Waals surface area contributed by atoms with E-state index in [2.05, 4.69) is 29.7 Å². The molecule has 4 heterocycles. The zero-order valence-electron chi connectivity index (χ0n) is 15.7. The lowest BCUT2D eigenvalue weighted by atomic mass is 10.0. The summed E-state index contributed by atoms with van der Waals surface area (Å²) in [5.74, 6) is 2.13. The number of nitrogens with zero attached hydrogens (tertiary/aromatic N) is 7. The Kier molecular flexibility index (Phi) is 5.06. The number of imidazole rings is 1. The van der Waals surface area contributed by atoms with Crippen LogP contribution >= 0.6 is 0 Å². The number of hydrogen-bond donors (Lipinski definition) is 1. The van der Waals surface area contributed by atoms with E-state index in [0.717, 1.165) is 36.8 Å². The summed E-state index contributed by atoms with van der Waals surface area (Å²) in [5.41, 5.74) is 2.13.